The number of thioether (sulfide) groups is 1. The van der Waals surface area contributed by atoms with Gasteiger partial charge in [0.25, 0.3) is 0 Å². The minimum Gasteiger partial charge on any atom is -0.493 e. The van der Waals surface area contributed by atoms with Crippen molar-refractivity contribution < 1.29 is 24.5 Å². The van der Waals surface area contributed by atoms with Crippen LogP contribution in [0.5, 0.6) is 11.5 Å². The largest absolute Gasteiger partial charge is 0.493 e. The summed E-state index contributed by atoms with van der Waals surface area (Å²) in [5.74, 6) is 1.15. The molecule has 25 heavy (non-hydrogen) atoms. The Morgan fingerprint density at radius 1 is 1.12 bits per heavy atom. The standard InChI is InChI=1S/C19H22O5S/c1-13(20)25-12-16(21)19(22)15-8-9-17(23-2)18(10-15)24-11-14-6-4-3-5-7-14/h3-10,16,19,21-22H,11-12H2,1-2H3. The first-order chi connectivity index (χ1) is 12.0. The van der Waals surface area contributed by atoms with Crippen molar-refractivity contribution in [3.63, 3.8) is 0 Å². The number of benzene rings is 2. The Balaban J connectivity index is 2.11. The summed E-state index contributed by atoms with van der Waals surface area (Å²) >= 11 is 0.977. The van der Waals surface area contributed by atoms with Gasteiger partial charge in [0.05, 0.1) is 13.2 Å². The van der Waals surface area contributed by atoms with Gasteiger partial charge in [0, 0.05) is 12.7 Å². The number of hydrogen-bond acceptors (Lipinski definition) is 6. The normalized spacial score (nSPS) is 13.1. The fourth-order valence-corrected chi connectivity index (χ4v) is 2.83. The van der Waals surface area contributed by atoms with E-state index >= 15 is 0 Å². The maximum absolute atomic E-state index is 11.0. The lowest BCUT2D eigenvalue weighted by Gasteiger charge is -2.19. The van der Waals surface area contributed by atoms with E-state index in [0.29, 0.717) is 23.7 Å². The van der Waals surface area contributed by atoms with Crippen LogP contribution in [0.2, 0.25) is 0 Å². The van der Waals surface area contributed by atoms with Crippen molar-refractivity contribution in [2.24, 2.45) is 0 Å². The molecule has 2 aromatic rings. The topological polar surface area (TPSA) is 76.0 Å². The quantitative estimate of drug-likeness (QED) is 0.752. The van der Waals surface area contributed by atoms with E-state index in [0.717, 1.165) is 17.3 Å². The van der Waals surface area contributed by atoms with Crippen LogP contribution in [-0.4, -0.2) is 34.3 Å². The number of ether oxygens (including phenoxy) is 2. The van der Waals surface area contributed by atoms with Gasteiger partial charge in [-0.1, -0.05) is 48.2 Å². The summed E-state index contributed by atoms with van der Waals surface area (Å²) in [6.07, 6.45) is -2.17. The maximum atomic E-state index is 11.0. The highest BCUT2D eigenvalue weighted by atomic mass is 32.2. The lowest BCUT2D eigenvalue weighted by Crippen LogP contribution is -2.21. The first-order valence-electron chi connectivity index (χ1n) is 7.85. The first-order valence-corrected chi connectivity index (χ1v) is 8.84. The minimum absolute atomic E-state index is 0.104. The molecule has 0 aliphatic rings. The molecule has 2 N–H and O–H groups in total. The van der Waals surface area contributed by atoms with Gasteiger partial charge in [-0.2, -0.15) is 0 Å². The molecule has 2 atom stereocenters. The Morgan fingerprint density at radius 3 is 2.48 bits per heavy atom. The molecule has 0 aliphatic carbocycles. The Morgan fingerprint density at radius 2 is 1.84 bits per heavy atom. The molecule has 0 saturated carbocycles. The number of carbonyl (C=O) groups excluding carboxylic acids is 1. The van der Waals surface area contributed by atoms with Crippen molar-refractivity contribution in [1.29, 1.82) is 0 Å². The molecule has 0 radical (unpaired) electrons. The summed E-state index contributed by atoms with van der Waals surface area (Å²) in [7, 11) is 1.54. The molecular formula is C19H22O5S. The highest BCUT2D eigenvalue weighted by Crippen LogP contribution is 2.32. The molecular weight excluding hydrogens is 340 g/mol. The van der Waals surface area contributed by atoms with E-state index < -0.39 is 12.2 Å². The SMILES string of the molecule is COc1ccc(C(O)C(O)CSC(C)=O)cc1OCc1ccccc1. The zero-order valence-electron chi connectivity index (χ0n) is 14.2. The van der Waals surface area contributed by atoms with Gasteiger partial charge in [0.1, 0.15) is 12.7 Å². The van der Waals surface area contributed by atoms with Crippen molar-refractivity contribution in [1.82, 2.24) is 0 Å². The molecule has 0 fully saturated rings. The van der Waals surface area contributed by atoms with E-state index in [-0.39, 0.29) is 10.9 Å². The molecule has 2 unspecified atom stereocenters. The van der Waals surface area contributed by atoms with E-state index in [9.17, 15) is 15.0 Å². The monoisotopic (exact) mass is 362 g/mol. The second-order valence-corrected chi connectivity index (χ2v) is 6.70. The molecule has 134 valence electrons. The van der Waals surface area contributed by atoms with Gasteiger partial charge in [-0.3, -0.25) is 4.79 Å². The molecule has 0 bridgehead atoms. The van der Waals surface area contributed by atoms with Crippen molar-refractivity contribution in [2.75, 3.05) is 12.9 Å². The maximum Gasteiger partial charge on any atom is 0.185 e. The van der Waals surface area contributed by atoms with Crippen LogP contribution in [0.15, 0.2) is 48.5 Å². The predicted octanol–water partition coefficient (Wildman–Crippen LogP) is 2.95. The van der Waals surface area contributed by atoms with Crippen LogP contribution in [0.25, 0.3) is 0 Å². The second-order valence-electron chi connectivity index (χ2n) is 5.50. The number of rotatable bonds is 8. The summed E-state index contributed by atoms with van der Waals surface area (Å²) in [6.45, 7) is 1.78. The second kappa shape index (κ2) is 9.46. The lowest BCUT2D eigenvalue weighted by molar-refractivity contribution is -0.109. The van der Waals surface area contributed by atoms with E-state index in [1.54, 1.807) is 25.3 Å². The Kier molecular flexibility index (Phi) is 7.31. The number of aliphatic hydroxyl groups is 2. The van der Waals surface area contributed by atoms with E-state index in [1.165, 1.54) is 6.92 Å². The number of carbonyl (C=O) groups is 1. The van der Waals surface area contributed by atoms with Gasteiger partial charge in [-0.15, -0.1) is 0 Å². The van der Waals surface area contributed by atoms with Crippen LogP contribution in [0.3, 0.4) is 0 Å². The average Bonchev–Trinajstić information content (AvgIpc) is 2.64. The van der Waals surface area contributed by atoms with Crippen LogP contribution in [0.4, 0.5) is 0 Å². The molecule has 0 aromatic heterocycles. The molecule has 0 heterocycles. The van der Waals surface area contributed by atoms with Gasteiger partial charge in [0.2, 0.25) is 0 Å². The molecule has 0 aliphatic heterocycles. The Bertz CT molecular complexity index is 689. The van der Waals surface area contributed by atoms with Crippen molar-refractivity contribution in [3.8, 4) is 11.5 Å². The molecule has 6 heteroatoms. The van der Waals surface area contributed by atoms with Crippen molar-refractivity contribution in [2.45, 2.75) is 25.7 Å². The summed E-state index contributed by atoms with van der Waals surface area (Å²) in [5.41, 5.74) is 1.51. The van der Waals surface area contributed by atoms with Crippen LogP contribution >= 0.6 is 11.8 Å². The smallest absolute Gasteiger partial charge is 0.185 e. The fraction of sp³-hybridized carbons (Fsp3) is 0.316. The Labute approximate surface area is 151 Å². The van der Waals surface area contributed by atoms with Crippen molar-refractivity contribution in [3.05, 3.63) is 59.7 Å². The highest BCUT2D eigenvalue weighted by molar-refractivity contribution is 8.13. The lowest BCUT2D eigenvalue weighted by atomic mass is 10.0. The Hall–Kier alpha value is -2.02. The zero-order valence-corrected chi connectivity index (χ0v) is 15.0. The predicted molar refractivity (Wildman–Crippen MR) is 97.9 cm³/mol. The summed E-state index contributed by atoms with van der Waals surface area (Å²) in [4.78, 5) is 11.0. The minimum atomic E-state index is -1.11. The number of hydrogen-bond donors (Lipinski definition) is 2. The average molecular weight is 362 g/mol. The number of aliphatic hydroxyl groups excluding tert-OH is 2. The summed E-state index contributed by atoms with van der Waals surface area (Å²) in [6, 6.07) is 14.7. The van der Waals surface area contributed by atoms with Gasteiger partial charge in [0.15, 0.2) is 16.6 Å². The molecule has 2 aromatic carbocycles. The first kappa shape index (κ1) is 19.3. The van der Waals surface area contributed by atoms with Crippen LogP contribution in [0.1, 0.15) is 24.2 Å². The zero-order chi connectivity index (χ0) is 18.2. The van der Waals surface area contributed by atoms with E-state index in [4.69, 9.17) is 9.47 Å². The summed E-state index contributed by atoms with van der Waals surface area (Å²) < 4.78 is 11.1. The molecule has 0 amide bonds. The van der Waals surface area contributed by atoms with E-state index in [2.05, 4.69) is 0 Å². The third-order valence-corrected chi connectivity index (χ3v) is 4.50. The molecule has 0 saturated heterocycles. The third kappa shape index (κ3) is 5.77. The van der Waals surface area contributed by atoms with Crippen LogP contribution in [0, 0.1) is 0 Å². The fourth-order valence-electron chi connectivity index (χ4n) is 2.24. The molecule has 2 rings (SSSR count). The third-order valence-electron chi connectivity index (χ3n) is 3.59. The number of methoxy groups -OCH3 is 1. The van der Waals surface area contributed by atoms with Crippen LogP contribution < -0.4 is 9.47 Å². The summed E-state index contributed by atoms with van der Waals surface area (Å²) in [5, 5.41) is 20.3. The van der Waals surface area contributed by atoms with E-state index in [1.807, 2.05) is 30.3 Å². The van der Waals surface area contributed by atoms with Crippen molar-refractivity contribution >= 4 is 16.9 Å². The van der Waals surface area contributed by atoms with Gasteiger partial charge in [-0.25, -0.2) is 0 Å². The highest BCUT2D eigenvalue weighted by Gasteiger charge is 2.21. The van der Waals surface area contributed by atoms with Gasteiger partial charge in [-0.05, 0) is 23.3 Å². The molecule has 5 nitrogen and oxygen atoms in total. The van der Waals surface area contributed by atoms with Gasteiger partial charge >= 0.3 is 0 Å². The van der Waals surface area contributed by atoms with Gasteiger partial charge < -0.3 is 19.7 Å². The van der Waals surface area contributed by atoms with Crippen LogP contribution in [-0.2, 0) is 11.4 Å². The molecule has 0 spiro atoms.